The zero-order valence-electron chi connectivity index (χ0n) is 8.16. The van der Waals surface area contributed by atoms with E-state index in [1.165, 1.54) is 19.3 Å². The molecule has 0 unspecified atom stereocenters. The highest BCUT2D eigenvalue weighted by atomic mass is 16.5. The Morgan fingerprint density at radius 2 is 2.15 bits per heavy atom. The van der Waals surface area contributed by atoms with Gasteiger partial charge in [0.25, 0.3) is 0 Å². The molecule has 0 saturated carbocycles. The van der Waals surface area contributed by atoms with E-state index < -0.39 is 12.6 Å². The van der Waals surface area contributed by atoms with E-state index in [2.05, 4.69) is 11.7 Å². The first-order valence-corrected chi connectivity index (χ1v) is 4.72. The first kappa shape index (κ1) is 12.2. The first-order valence-electron chi connectivity index (χ1n) is 4.72. The van der Waals surface area contributed by atoms with Crippen molar-refractivity contribution in [2.45, 2.75) is 32.6 Å². The fraction of sp³-hybridized carbons (Fsp3) is 0.700. The van der Waals surface area contributed by atoms with E-state index in [1.54, 1.807) is 0 Å². The van der Waals surface area contributed by atoms with Gasteiger partial charge >= 0.3 is 5.97 Å². The maximum Gasteiger partial charge on any atom is 0.332 e. The predicted octanol–water partition coefficient (Wildman–Crippen LogP) is 1.66. The molecule has 0 atom stereocenters. The van der Waals surface area contributed by atoms with Crippen LogP contribution >= 0.6 is 0 Å². The topological polar surface area (TPSA) is 46.5 Å². The Morgan fingerprint density at radius 1 is 1.38 bits per heavy atom. The molecule has 0 rings (SSSR count). The molecule has 0 radical (unpaired) electrons. The lowest BCUT2D eigenvalue weighted by molar-refractivity contribution is -0.145. The standard InChI is InChI=1S/C10H18O3/c1-2-3-4-5-6-7-8-13-10(12)9-11/h6-7,11H,2-5,8-9H2,1H3. The van der Waals surface area contributed by atoms with E-state index in [-0.39, 0.29) is 6.61 Å². The monoisotopic (exact) mass is 186 g/mol. The Morgan fingerprint density at radius 3 is 2.77 bits per heavy atom. The summed E-state index contributed by atoms with van der Waals surface area (Å²) in [6.07, 6.45) is 8.48. The van der Waals surface area contributed by atoms with E-state index in [1.807, 2.05) is 12.2 Å². The van der Waals surface area contributed by atoms with Crippen LogP contribution in [0.4, 0.5) is 0 Å². The highest BCUT2D eigenvalue weighted by Crippen LogP contribution is 1.99. The third-order valence-corrected chi connectivity index (χ3v) is 1.61. The van der Waals surface area contributed by atoms with Gasteiger partial charge in [-0.1, -0.05) is 31.9 Å². The van der Waals surface area contributed by atoms with Crippen LogP contribution in [0.1, 0.15) is 32.6 Å². The van der Waals surface area contributed by atoms with Gasteiger partial charge in [0.1, 0.15) is 13.2 Å². The molecule has 0 heterocycles. The van der Waals surface area contributed by atoms with Gasteiger partial charge in [-0.2, -0.15) is 0 Å². The minimum Gasteiger partial charge on any atom is -0.460 e. The second kappa shape index (κ2) is 9.26. The number of carbonyl (C=O) groups excluding carboxylic acids is 1. The Labute approximate surface area is 79.4 Å². The third kappa shape index (κ3) is 9.08. The van der Waals surface area contributed by atoms with Crippen molar-refractivity contribution in [2.75, 3.05) is 13.2 Å². The van der Waals surface area contributed by atoms with Gasteiger partial charge in [0, 0.05) is 0 Å². The number of allylic oxidation sites excluding steroid dienone is 1. The average molecular weight is 186 g/mol. The maximum absolute atomic E-state index is 10.4. The van der Waals surface area contributed by atoms with Gasteiger partial charge in [0.05, 0.1) is 0 Å². The summed E-state index contributed by atoms with van der Waals surface area (Å²) < 4.78 is 4.62. The molecule has 0 aliphatic carbocycles. The van der Waals surface area contributed by atoms with Gasteiger partial charge < -0.3 is 9.84 Å². The molecule has 1 N–H and O–H groups in total. The second-order valence-corrected chi connectivity index (χ2v) is 2.81. The molecular formula is C10H18O3. The van der Waals surface area contributed by atoms with Crippen LogP contribution in [-0.4, -0.2) is 24.3 Å². The number of hydrogen-bond donors (Lipinski definition) is 1. The van der Waals surface area contributed by atoms with Gasteiger partial charge in [-0.05, 0) is 12.8 Å². The van der Waals surface area contributed by atoms with Crippen molar-refractivity contribution in [1.82, 2.24) is 0 Å². The molecule has 0 saturated heterocycles. The number of unbranched alkanes of at least 4 members (excludes halogenated alkanes) is 3. The Hall–Kier alpha value is -0.830. The van der Waals surface area contributed by atoms with Crippen molar-refractivity contribution in [2.24, 2.45) is 0 Å². The van der Waals surface area contributed by atoms with Crippen LogP contribution < -0.4 is 0 Å². The SMILES string of the molecule is CCCCCC=CCOC(=O)CO. The minimum absolute atomic E-state index is 0.269. The molecule has 0 aromatic rings. The van der Waals surface area contributed by atoms with Gasteiger partial charge in [-0.15, -0.1) is 0 Å². The predicted molar refractivity (Wildman–Crippen MR) is 51.3 cm³/mol. The molecule has 0 aromatic carbocycles. The van der Waals surface area contributed by atoms with Gasteiger partial charge in [-0.25, -0.2) is 4.79 Å². The number of rotatable bonds is 7. The van der Waals surface area contributed by atoms with Gasteiger partial charge in [0.2, 0.25) is 0 Å². The maximum atomic E-state index is 10.4. The zero-order chi connectivity index (χ0) is 9.94. The smallest absolute Gasteiger partial charge is 0.332 e. The Kier molecular flexibility index (Phi) is 8.67. The molecular weight excluding hydrogens is 168 g/mol. The summed E-state index contributed by atoms with van der Waals surface area (Å²) in [5.74, 6) is -0.571. The van der Waals surface area contributed by atoms with Crippen LogP contribution in [0.3, 0.4) is 0 Å². The molecule has 0 aromatic heterocycles. The number of aliphatic hydroxyl groups is 1. The van der Waals surface area contributed by atoms with E-state index in [4.69, 9.17) is 5.11 Å². The first-order chi connectivity index (χ1) is 6.31. The van der Waals surface area contributed by atoms with Crippen molar-refractivity contribution in [3.8, 4) is 0 Å². The number of ether oxygens (including phenoxy) is 1. The molecule has 0 bridgehead atoms. The molecule has 0 amide bonds. The number of carbonyl (C=O) groups is 1. The van der Waals surface area contributed by atoms with Crippen LogP contribution in [-0.2, 0) is 9.53 Å². The molecule has 0 aliphatic heterocycles. The molecule has 0 spiro atoms. The van der Waals surface area contributed by atoms with Crippen LogP contribution in [0.25, 0.3) is 0 Å². The largest absolute Gasteiger partial charge is 0.460 e. The number of aliphatic hydroxyl groups excluding tert-OH is 1. The lowest BCUT2D eigenvalue weighted by Gasteiger charge is -1.96. The molecule has 3 nitrogen and oxygen atoms in total. The zero-order valence-corrected chi connectivity index (χ0v) is 8.16. The van der Waals surface area contributed by atoms with Crippen LogP contribution in [0.15, 0.2) is 12.2 Å². The number of esters is 1. The van der Waals surface area contributed by atoms with E-state index in [0.717, 1.165) is 6.42 Å². The van der Waals surface area contributed by atoms with E-state index in [9.17, 15) is 4.79 Å². The molecule has 3 heteroatoms. The summed E-state index contributed by atoms with van der Waals surface area (Å²) in [5, 5.41) is 8.31. The Bertz CT molecular complexity index is 152. The summed E-state index contributed by atoms with van der Waals surface area (Å²) >= 11 is 0. The average Bonchev–Trinajstić information content (AvgIpc) is 2.16. The van der Waals surface area contributed by atoms with Crippen molar-refractivity contribution >= 4 is 5.97 Å². The lowest BCUT2D eigenvalue weighted by atomic mass is 10.2. The van der Waals surface area contributed by atoms with Crippen molar-refractivity contribution in [3.05, 3.63) is 12.2 Å². The van der Waals surface area contributed by atoms with Crippen LogP contribution in [0.5, 0.6) is 0 Å². The summed E-state index contributed by atoms with van der Waals surface area (Å²) in [7, 11) is 0. The highest BCUT2D eigenvalue weighted by Gasteiger charge is 1.94. The van der Waals surface area contributed by atoms with Crippen LogP contribution in [0, 0.1) is 0 Å². The van der Waals surface area contributed by atoms with Gasteiger partial charge in [0.15, 0.2) is 0 Å². The number of hydrogen-bond acceptors (Lipinski definition) is 3. The highest BCUT2D eigenvalue weighted by molar-refractivity contribution is 5.70. The van der Waals surface area contributed by atoms with Crippen molar-refractivity contribution < 1.29 is 14.6 Å². The molecule has 13 heavy (non-hydrogen) atoms. The third-order valence-electron chi connectivity index (χ3n) is 1.61. The fourth-order valence-corrected chi connectivity index (χ4v) is 0.885. The molecule has 0 fully saturated rings. The minimum atomic E-state index is -0.571. The molecule has 0 aliphatic rings. The van der Waals surface area contributed by atoms with E-state index >= 15 is 0 Å². The van der Waals surface area contributed by atoms with Crippen molar-refractivity contribution in [1.29, 1.82) is 0 Å². The van der Waals surface area contributed by atoms with Gasteiger partial charge in [-0.3, -0.25) is 0 Å². The summed E-state index contributed by atoms with van der Waals surface area (Å²) in [6.45, 7) is 1.89. The summed E-state index contributed by atoms with van der Waals surface area (Å²) in [4.78, 5) is 10.4. The second-order valence-electron chi connectivity index (χ2n) is 2.81. The lowest BCUT2D eigenvalue weighted by Crippen LogP contribution is -2.08. The Balaban J connectivity index is 3.17. The summed E-state index contributed by atoms with van der Waals surface area (Å²) in [6, 6.07) is 0. The normalized spacial score (nSPS) is 10.6. The van der Waals surface area contributed by atoms with E-state index in [0.29, 0.717) is 0 Å². The summed E-state index contributed by atoms with van der Waals surface area (Å²) in [5.41, 5.74) is 0. The molecule has 76 valence electrons. The van der Waals surface area contributed by atoms with Crippen molar-refractivity contribution in [3.63, 3.8) is 0 Å². The quantitative estimate of drug-likeness (QED) is 0.373. The fourth-order valence-electron chi connectivity index (χ4n) is 0.885. The van der Waals surface area contributed by atoms with Crippen LogP contribution in [0.2, 0.25) is 0 Å².